The molecule has 2 aromatic carbocycles. The standard InChI is InChI=1S/C17H15N5O/c1-2-22-14-10-6-3-7-11(14)15(16(22)23)20-21-17-18-12-8-4-5-9-13(12)19-17/h3-10,23H,2H2,1H3,(H,18,19). The van der Waals surface area contributed by atoms with Gasteiger partial charge in [0.15, 0.2) is 5.69 Å². The van der Waals surface area contributed by atoms with E-state index in [1.54, 1.807) is 0 Å². The van der Waals surface area contributed by atoms with E-state index in [-0.39, 0.29) is 5.88 Å². The van der Waals surface area contributed by atoms with Gasteiger partial charge in [-0.15, -0.1) is 10.2 Å². The highest BCUT2D eigenvalue weighted by molar-refractivity contribution is 5.95. The van der Waals surface area contributed by atoms with Crippen LogP contribution in [0.25, 0.3) is 21.9 Å². The molecule has 23 heavy (non-hydrogen) atoms. The van der Waals surface area contributed by atoms with Crippen LogP contribution >= 0.6 is 0 Å². The molecule has 0 saturated heterocycles. The van der Waals surface area contributed by atoms with Crippen molar-refractivity contribution in [1.29, 1.82) is 0 Å². The number of hydrogen-bond acceptors (Lipinski definition) is 4. The number of rotatable bonds is 3. The molecule has 0 saturated carbocycles. The number of benzene rings is 2. The highest BCUT2D eigenvalue weighted by atomic mass is 16.3. The van der Waals surface area contributed by atoms with Crippen molar-refractivity contribution in [2.75, 3.05) is 0 Å². The maximum atomic E-state index is 10.4. The first-order valence-electron chi connectivity index (χ1n) is 7.44. The molecule has 4 rings (SSSR count). The monoisotopic (exact) mass is 305 g/mol. The Bertz CT molecular complexity index is 995. The number of hydrogen-bond donors (Lipinski definition) is 2. The number of aromatic amines is 1. The summed E-state index contributed by atoms with van der Waals surface area (Å²) in [5.41, 5.74) is 3.14. The van der Waals surface area contributed by atoms with Crippen LogP contribution in [0.2, 0.25) is 0 Å². The van der Waals surface area contributed by atoms with Crippen LogP contribution in [-0.4, -0.2) is 19.6 Å². The molecule has 0 spiro atoms. The van der Waals surface area contributed by atoms with Gasteiger partial charge in [0.05, 0.1) is 16.6 Å². The van der Waals surface area contributed by atoms with Gasteiger partial charge in [0, 0.05) is 11.9 Å². The third kappa shape index (κ3) is 2.15. The van der Waals surface area contributed by atoms with Gasteiger partial charge < -0.3 is 14.7 Å². The van der Waals surface area contributed by atoms with E-state index in [0.29, 0.717) is 18.2 Å². The average Bonchev–Trinajstić information content (AvgIpc) is 3.10. The fraction of sp³-hybridized carbons (Fsp3) is 0.118. The molecular formula is C17H15N5O. The summed E-state index contributed by atoms with van der Waals surface area (Å²) < 4.78 is 1.81. The molecule has 0 fully saturated rings. The van der Waals surface area contributed by atoms with Gasteiger partial charge in [-0.25, -0.2) is 4.98 Å². The van der Waals surface area contributed by atoms with Crippen LogP contribution in [0.1, 0.15) is 6.92 Å². The third-order valence-corrected chi connectivity index (χ3v) is 3.86. The quantitative estimate of drug-likeness (QED) is 0.540. The van der Waals surface area contributed by atoms with E-state index in [0.717, 1.165) is 21.9 Å². The van der Waals surface area contributed by atoms with E-state index in [2.05, 4.69) is 20.2 Å². The van der Waals surface area contributed by atoms with Crippen LogP contribution in [0.15, 0.2) is 58.8 Å². The van der Waals surface area contributed by atoms with Gasteiger partial charge in [-0.2, -0.15) is 0 Å². The van der Waals surface area contributed by atoms with Crippen molar-refractivity contribution >= 4 is 33.6 Å². The van der Waals surface area contributed by atoms with E-state index in [9.17, 15) is 5.11 Å². The fourth-order valence-corrected chi connectivity index (χ4v) is 2.77. The zero-order chi connectivity index (χ0) is 15.8. The van der Waals surface area contributed by atoms with Crippen molar-refractivity contribution < 1.29 is 5.11 Å². The zero-order valence-electron chi connectivity index (χ0n) is 12.6. The van der Waals surface area contributed by atoms with Gasteiger partial charge in [0.1, 0.15) is 0 Å². The molecule has 2 aromatic heterocycles. The minimum absolute atomic E-state index is 0.119. The molecule has 4 aromatic rings. The third-order valence-electron chi connectivity index (χ3n) is 3.86. The smallest absolute Gasteiger partial charge is 0.247 e. The van der Waals surface area contributed by atoms with Crippen molar-refractivity contribution in [2.24, 2.45) is 10.2 Å². The van der Waals surface area contributed by atoms with Crippen molar-refractivity contribution in [2.45, 2.75) is 13.5 Å². The Kier molecular flexibility index (Phi) is 3.08. The molecule has 6 nitrogen and oxygen atoms in total. The second-order valence-corrected chi connectivity index (χ2v) is 5.21. The minimum Gasteiger partial charge on any atom is -0.493 e. The van der Waals surface area contributed by atoms with Crippen molar-refractivity contribution in [1.82, 2.24) is 14.5 Å². The fourth-order valence-electron chi connectivity index (χ4n) is 2.77. The number of nitrogens with zero attached hydrogens (tertiary/aromatic N) is 4. The number of aryl methyl sites for hydroxylation is 1. The van der Waals surface area contributed by atoms with E-state index >= 15 is 0 Å². The highest BCUT2D eigenvalue weighted by Gasteiger charge is 2.15. The number of para-hydroxylation sites is 3. The number of aromatic hydroxyl groups is 1. The second kappa shape index (κ2) is 5.24. The van der Waals surface area contributed by atoms with Crippen LogP contribution < -0.4 is 0 Å². The SMILES string of the molecule is CCn1c(O)c(N=Nc2nc3ccccc3[nH]2)c2ccccc21. The summed E-state index contributed by atoms with van der Waals surface area (Å²) in [6, 6.07) is 15.4. The molecule has 0 unspecified atom stereocenters. The largest absolute Gasteiger partial charge is 0.493 e. The molecule has 0 aliphatic carbocycles. The molecule has 0 atom stereocenters. The number of imidazole rings is 1. The van der Waals surface area contributed by atoms with Gasteiger partial charge in [-0.3, -0.25) is 0 Å². The molecule has 0 bridgehead atoms. The normalized spacial score (nSPS) is 11.9. The number of H-pyrrole nitrogens is 1. The lowest BCUT2D eigenvalue weighted by Gasteiger charge is -2.00. The van der Waals surface area contributed by atoms with E-state index in [4.69, 9.17) is 0 Å². The lowest BCUT2D eigenvalue weighted by Crippen LogP contribution is -1.91. The molecular weight excluding hydrogens is 290 g/mol. The highest BCUT2D eigenvalue weighted by Crippen LogP contribution is 2.39. The maximum Gasteiger partial charge on any atom is 0.247 e. The summed E-state index contributed by atoms with van der Waals surface area (Å²) in [4.78, 5) is 7.45. The molecule has 6 heteroatoms. The molecule has 2 N–H and O–H groups in total. The Morgan fingerprint density at radius 1 is 1.09 bits per heavy atom. The molecule has 2 heterocycles. The van der Waals surface area contributed by atoms with Crippen LogP contribution in [0, 0.1) is 0 Å². The molecule has 114 valence electrons. The summed E-state index contributed by atoms with van der Waals surface area (Å²) >= 11 is 0. The van der Waals surface area contributed by atoms with Gasteiger partial charge in [0.25, 0.3) is 0 Å². The first kappa shape index (κ1) is 13.5. The van der Waals surface area contributed by atoms with E-state index in [1.165, 1.54) is 0 Å². The van der Waals surface area contributed by atoms with Gasteiger partial charge in [-0.05, 0) is 25.1 Å². The molecule has 0 aliphatic rings. The van der Waals surface area contributed by atoms with Crippen LogP contribution in [0.3, 0.4) is 0 Å². The van der Waals surface area contributed by atoms with Crippen molar-refractivity contribution in [3.63, 3.8) is 0 Å². The van der Waals surface area contributed by atoms with Crippen LogP contribution in [-0.2, 0) is 6.54 Å². The van der Waals surface area contributed by atoms with E-state index < -0.39 is 0 Å². The zero-order valence-corrected chi connectivity index (χ0v) is 12.6. The lowest BCUT2D eigenvalue weighted by molar-refractivity contribution is 0.427. The first-order valence-corrected chi connectivity index (χ1v) is 7.44. The molecule has 0 radical (unpaired) electrons. The predicted octanol–water partition coefficient (Wildman–Crippen LogP) is 4.66. The number of nitrogens with one attached hydrogen (secondary N) is 1. The van der Waals surface area contributed by atoms with Crippen LogP contribution in [0.4, 0.5) is 11.6 Å². The summed E-state index contributed by atoms with van der Waals surface area (Å²) in [5, 5.41) is 19.7. The molecule has 0 aliphatic heterocycles. The summed E-state index contributed by atoms with van der Waals surface area (Å²) in [6.45, 7) is 2.64. The number of azo groups is 1. The second-order valence-electron chi connectivity index (χ2n) is 5.21. The lowest BCUT2D eigenvalue weighted by atomic mass is 10.2. The Morgan fingerprint density at radius 2 is 1.87 bits per heavy atom. The van der Waals surface area contributed by atoms with Crippen molar-refractivity contribution in [3.05, 3.63) is 48.5 Å². The van der Waals surface area contributed by atoms with E-state index in [1.807, 2.05) is 60.0 Å². The summed E-state index contributed by atoms with van der Waals surface area (Å²) in [5.74, 6) is 0.535. The number of fused-ring (bicyclic) bond motifs is 2. The van der Waals surface area contributed by atoms with Crippen LogP contribution in [0.5, 0.6) is 5.88 Å². The number of aromatic nitrogens is 3. The Balaban J connectivity index is 1.81. The molecule has 0 amide bonds. The summed E-state index contributed by atoms with van der Waals surface area (Å²) in [6.07, 6.45) is 0. The van der Waals surface area contributed by atoms with Gasteiger partial charge >= 0.3 is 0 Å². The average molecular weight is 305 g/mol. The summed E-state index contributed by atoms with van der Waals surface area (Å²) in [7, 11) is 0. The predicted molar refractivity (Wildman–Crippen MR) is 89.5 cm³/mol. The minimum atomic E-state index is 0.119. The Labute approximate surface area is 132 Å². The van der Waals surface area contributed by atoms with Gasteiger partial charge in [0.2, 0.25) is 11.8 Å². The topological polar surface area (TPSA) is 78.6 Å². The van der Waals surface area contributed by atoms with Gasteiger partial charge in [-0.1, -0.05) is 30.3 Å². The van der Waals surface area contributed by atoms with Crippen molar-refractivity contribution in [3.8, 4) is 5.88 Å². The maximum absolute atomic E-state index is 10.4. The Hall–Kier alpha value is -3.15. The Morgan fingerprint density at radius 3 is 2.70 bits per heavy atom. The first-order chi connectivity index (χ1) is 11.3.